The molecule has 0 amide bonds. The van der Waals surface area contributed by atoms with Crippen molar-refractivity contribution in [1.29, 1.82) is 5.26 Å². The van der Waals surface area contributed by atoms with Crippen molar-refractivity contribution >= 4 is 12.0 Å². The van der Waals surface area contributed by atoms with E-state index in [9.17, 15) is 4.79 Å². The van der Waals surface area contributed by atoms with Gasteiger partial charge < -0.3 is 4.74 Å². The molecule has 88 valence electrons. The average Bonchev–Trinajstić information content (AvgIpc) is 2.36. The van der Waals surface area contributed by atoms with Gasteiger partial charge >= 0.3 is 5.97 Å². The molecule has 0 aromatic heterocycles. The topological polar surface area (TPSA) is 50.1 Å². The van der Waals surface area contributed by atoms with E-state index < -0.39 is 5.97 Å². The van der Waals surface area contributed by atoms with Crippen LogP contribution in [0.2, 0.25) is 0 Å². The minimum atomic E-state index is -0.572. The summed E-state index contributed by atoms with van der Waals surface area (Å²) in [5.74, 6) is -0.572. The first-order valence-electron chi connectivity index (χ1n) is 5.59. The minimum absolute atomic E-state index is 0.0279. The molecule has 0 aliphatic rings. The second-order valence-corrected chi connectivity index (χ2v) is 3.49. The summed E-state index contributed by atoms with van der Waals surface area (Å²) in [6.07, 6.45) is 2.47. The Bertz CT molecular complexity index is 469. The van der Waals surface area contributed by atoms with E-state index in [1.165, 1.54) is 5.56 Å². The van der Waals surface area contributed by atoms with E-state index in [2.05, 4.69) is 6.92 Å². The number of rotatable bonds is 4. The fourth-order valence-electron chi connectivity index (χ4n) is 1.42. The van der Waals surface area contributed by atoms with E-state index >= 15 is 0 Å². The molecule has 1 rings (SSSR count). The molecule has 0 saturated carbocycles. The molecule has 0 bridgehead atoms. The Balaban J connectivity index is 2.98. The number of nitrogens with zero attached hydrogens (tertiary/aromatic N) is 1. The first-order chi connectivity index (χ1) is 8.21. The molecule has 0 fully saturated rings. The van der Waals surface area contributed by atoms with Crippen LogP contribution >= 0.6 is 0 Å². The van der Waals surface area contributed by atoms with Crippen molar-refractivity contribution < 1.29 is 9.53 Å². The SMILES string of the molecule is CCOC(=O)C(C#N)=Cc1cccc(CC)c1. The van der Waals surface area contributed by atoms with Gasteiger partial charge in [0, 0.05) is 0 Å². The smallest absolute Gasteiger partial charge is 0.348 e. The number of benzene rings is 1. The Labute approximate surface area is 101 Å². The lowest BCUT2D eigenvalue weighted by Gasteiger charge is -2.01. The fraction of sp³-hybridized carbons (Fsp3) is 0.286. The zero-order valence-corrected chi connectivity index (χ0v) is 10.1. The van der Waals surface area contributed by atoms with Gasteiger partial charge in [0.1, 0.15) is 11.6 Å². The van der Waals surface area contributed by atoms with Crippen molar-refractivity contribution in [3.8, 4) is 6.07 Å². The van der Waals surface area contributed by atoms with Crippen molar-refractivity contribution in [2.24, 2.45) is 0 Å². The van der Waals surface area contributed by atoms with Crippen LogP contribution < -0.4 is 0 Å². The van der Waals surface area contributed by atoms with E-state index in [-0.39, 0.29) is 12.2 Å². The maximum Gasteiger partial charge on any atom is 0.348 e. The highest BCUT2D eigenvalue weighted by Gasteiger charge is 2.09. The van der Waals surface area contributed by atoms with Gasteiger partial charge in [-0.25, -0.2) is 4.79 Å². The average molecular weight is 229 g/mol. The van der Waals surface area contributed by atoms with Crippen LogP contribution in [0.5, 0.6) is 0 Å². The molecule has 0 heterocycles. The zero-order valence-electron chi connectivity index (χ0n) is 10.1. The Morgan fingerprint density at radius 2 is 2.24 bits per heavy atom. The highest BCUT2D eigenvalue weighted by atomic mass is 16.5. The third kappa shape index (κ3) is 3.76. The van der Waals surface area contributed by atoms with Crippen molar-refractivity contribution in [3.63, 3.8) is 0 Å². The van der Waals surface area contributed by atoms with E-state index in [0.29, 0.717) is 0 Å². The van der Waals surface area contributed by atoms with Gasteiger partial charge in [-0.05, 0) is 30.5 Å². The van der Waals surface area contributed by atoms with E-state index in [1.807, 2.05) is 30.3 Å². The number of hydrogen-bond acceptors (Lipinski definition) is 3. The Morgan fingerprint density at radius 3 is 2.82 bits per heavy atom. The van der Waals surface area contributed by atoms with Gasteiger partial charge in [-0.2, -0.15) is 5.26 Å². The third-order valence-corrected chi connectivity index (χ3v) is 2.29. The normalized spacial score (nSPS) is 10.8. The molecular weight excluding hydrogens is 214 g/mol. The summed E-state index contributed by atoms with van der Waals surface area (Å²) in [6, 6.07) is 9.59. The van der Waals surface area contributed by atoms with Crippen LogP contribution in [0.15, 0.2) is 29.8 Å². The predicted molar refractivity (Wildman–Crippen MR) is 66.0 cm³/mol. The Morgan fingerprint density at radius 1 is 1.47 bits per heavy atom. The van der Waals surface area contributed by atoms with Crippen LogP contribution in [0.25, 0.3) is 6.08 Å². The monoisotopic (exact) mass is 229 g/mol. The van der Waals surface area contributed by atoms with Crippen LogP contribution in [0, 0.1) is 11.3 Å². The molecule has 1 aromatic rings. The number of carbonyl (C=O) groups is 1. The minimum Gasteiger partial charge on any atom is -0.462 e. The molecule has 0 saturated heterocycles. The molecule has 17 heavy (non-hydrogen) atoms. The molecule has 0 atom stereocenters. The van der Waals surface area contributed by atoms with Crippen LogP contribution in [-0.4, -0.2) is 12.6 Å². The summed E-state index contributed by atoms with van der Waals surface area (Å²) in [6.45, 7) is 4.04. The van der Waals surface area contributed by atoms with Gasteiger partial charge in [-0.15, -0.1) is 0 Å². The molecule has 0 aliphatic heterocycles. The molecule has 0 N–H and O–H groups in total. The molecule has 3 heteroatoms. The number of carbonyl (C=O) groups excluding carboxylic acids is 1. The summed E-state index contributed by atoms with van der Waals surface area (Å²) >= 11 is 0. The Hall–Kier alpha value is -2.08. The zero-order chi connectivity index (χ0) is 12.7. The van der Waals surface area contributed by atoms with Crippen molar-refractivity contribution in [3.05, 3.63) is 41.0 Å². The molecule has 0 spiro atoms. The van der Waals surface area contributed by atoms with E-state index in [4.69, 9.17) is 10.00 Å². The van der Waals surface area contributed by atoms with Gasteiger partial charge in [-0.3, -0.25) is 0 Å². The fourth-order valence-corrected chi connectivity index (χ4v) is 1.42. The van der Waals surface area contributed by atoms with E-state index in [0.717, 1.165) is 12.0 Å². The van der Waals surface area contributed by atoms with Crippen LogP contribution in [0.3, 0.4) is 0 Å². The number of esters is 1. The second-order valence-electron chi connectivity index (χ2n) is 3.49. The third-order valence-electron chi connectivity index (χ3n) is 2.29. The van der Waals surface area contributed by atoms with Gasteiger partial charge in [-0.1, -0.05) is 31.2 Å². The largest absolute Gasteiger partial charge is 0.462 e. The molecule has 0 unspecified atom stereocenters. The lowest BCUT2D eigenvalue weighted by atomic mass is 10.1. The van der Waals surface area contributed by atoms with Crippen molar-refractivity contribution in [2.45, 2.75) is 20.3 Å². The first-order valence-corrected chi connectivity index (χ1v) is 5.59. The maximum absolute atomic E-state index is 11.4. The second kappa shape index (κ2) is 6.49. The lowest BCUT2D eigenvalue weighted by molar-refractivity contribution is -0.137. The summed E-state index contributed by atoms with van der Waals surface area (Å²) < 4.78 is 4.79. The molecular formula is C14H15NO2. The Kier molecular flexibility index (Phi) is 4.96. The van der Waals surface area contributed by atoms with Crippen LogP contribution in [-0.2, 0) is 16.0 Å². The molecule has 3 nitrogen and oxygen atoms in total. The van der Waals surface area contributed by atoms with Gasteiger partial charge in [0.25, 0.3) is 0 Å². The van der Waals surface area contributed by atoms with Crippen molar-refractivity contribution in [1.82, 2.24) is 0 Å². The quantitative estimate of drug-likeness (QED) is 0.453. The summed E-state index contributed by atoms with van der Waals surface area (Å²) in [7, 11) is 0. The van der Waals surface area contributed by atoms with E-state index in [1.54, 1.807) is 13.0 Å². The van der Waals surface area contributed by atoms with Crippen LogP contribution in [0.4, 0.5) is 0 Å². The van der Waals surface area contributed by atoms with Crippen molar-refractivity contribution in [2.75, 3.05) is 6.61 Å². The van der Waals surface area contributed by atoms with Crippen LogP contribution in [0.1, 0.15) is 25.0 Å². The molecule has 1 aromatic carbocycles. The van der Waals surface area contributed by atoms with Gasteiger partial charge in [0.05, 0.1) is 6.61 Å². The molecule has 0 aliphatic carbocycles. The highest BCUT2D eigenvalue weighted by Crippen LogP contribution is 2.11. The summed E-state index contributed by atoms with van der Waals surface area (Å²) in [5.41, 5.74) is 2.04. The summed E-state index contributed by atoms with van der Waals surface area (Å²) in [4.78, 5) is 11.4. The van der Waals surface area contributed by atoms with Gasteiger partial charge in [0.2, 0.25) is 0 Å². The summed E-state index contributed by atoms with van der Waals surface area (Å²) in [5, 5.41) is 8.89. The number of nitriles is 1. The lowest BCUT2D eigenvalue weighted by Crippen LogP contribution is -2.05. The predicted octanol–water partition coefficient (Wildman–Crippen LogP) is 2.72. The van der Waals surface area contributed by atoms with Gasteiger partial charge in [0.15, 0.2) is 0 Å². The first kappa shape index (κ1) is 13.0. The number of ether oxygens (including phenoxy) is 1. The number of hydrogen-bond donors (Lipinski definition) is 0. The number of aryl methyl sites for hydroxylation is 1. The molecule has 0 radical (unpaired) electrons. The standard InChI is InChI=1S/C14H15NO2/c1-3-11-6-5-7-12(8-11)9-13(10-15)14(16)17-4-2/h5-9H,3-4H2,1-2H3. The maximum atomic E-state index is 11.4. The highest BCUT2D eigenvalue weighted by molar-refractivity contribution is 5.97.